The number of halogens is 2. The van der Waals surface area contributed by atoms with Crippen molar-refractivity contribution >= 4 is 35.1 Å². The van der Waals surface area contributed by atoms with Crippen LogP contribution in [0.1, 0.15) is 51.9 Å². The van der Waals surface area contributed by atoms with Gasteiger partial charge in [0.05, 0.1) is 6.61 Å². The van der Waals surface area contributed by atoms with Crippen LogP contribution in [0.25, 0.3) is 0 Å². The van der Waals surface area contributed by atoms with Gasteiger partial charge in [-0.3, -0.25) is 4.79 Å². The van der Waals surface area contributed by atoms with Crippen molar-refractivity contribution in [2.24, 2.45) is 5.73 Å². The van der Waals surface area contributed by atoms with Gasteiger partial charge < -0.3 is 19.9 Å². The highest BCUT2D eigenvalue weighted by atomic mass is 35.5. The van der Waals surface area contributed by atoms with Gasteiger partial charge in [-0.2, -0.15) is 0 Å². The Labute approximate surface area is 196 Å². The number of ether oxygens (including phenoxy) is 3. The van der Waals surface area contributed by atoms with E-state index in [2.05, 4.69) is 19.9 Å². The number of primary amides is 1. The summed E-state index contributed by atoms with van der Waals surface area (Å²) in [7, 11) is 3.25. The lowest BCUT2D eigenvalue weighted by Gasteiger charge is -2.07. The van der Waals surface area contributed by atoms with Crippen molar-refractivity contribution < 1.29 is 23.8 Å². The van der Waals surface area contributed by atoms with Crippen LogP contribution in [0, 0.1) is 0 Å². The second-order valence-corrected chi connectivity index (χ2v) is 6.98. The van der Waals surface area contributed by atoms with Crippen molar-refractivity contribution in [3.63, 3.8) is 0 Å². The zero-order chi connectivity index (χ0) is 23.9. The Morgan fingerprint density at radius 2 is 1.38 bits per heavy atom. The van der Waals surface area contributed by atoms with Crippen LogP contribution >= 0.6 is 23.2 Å². The van der Waals surface area contributed by atoms with E-state index in [1.165, 1.54) is 6.20 Å². The summed E-state index contributed by atoms with van der Waals surface area (Å²) in [6.07, 6.45) is 5.93. The van der Waals surface area contributed by atoms with Crippen molar-refractivity contribution in [2.45, 2.75) is 32.6 Å². The first-order valence-electron chi connectivity index (χ1n) is 9.81. The summed E-state index contributed by atoms with van der Waals surface area (Å²) in [5, 5.41) is 0.0721. The maximum absolute atomic E-state index is 11.6. The minimum Gasteiger partial charge on any atom is -0.461 e. The molecule has 2 N–H and O–H groups in total. The molecule has 0 bridgehead atoms. The number of carbonyl (C=O) groups is 2. The van der Waals surface area contributed by atoms with Gasteiger partial charge >= 0.3 is 5.97 Å². The van der Waals surface area contributed by atoms with Gasteiger partial charge in [-0.1, -0.05) is 0 Å². The molecule has 0 fully saturated rings. The number of nitrogens with zero attached hydrogens (tertiary/aromatic N) is 4. The van der Waals surface area contributed by atoms with Crippen LogP contribution in [0.3, 0.4) is 0 Å². The molecule has 0 saturated heterocycles. The molecule has 32 heavy (non-hydrogen) atoms. The molecule has 0 atom stereocenters. The topological polar surface area (TPSA) is 139 Å². The van der Waals surface area contributed by atoms with Crippen LogP contribution in [0.2, 0.25) is 10.6 Å². The monoisotopic (exact) mass is 487 g/mol. The lowest BCUT2D eigenvalue weighted by molar-refractivity contribution is 0.0517. The van der Waals surface area contributed by atoms with Crippen LogP contribution in [0.4, 0.5) is 0 Å². The predicted molar refractivity (Wildman–Crippen MR) is 119 cm³/mol. The molecule has 2 aromatic rings. The van der Waals surface area contributed by atoms with E-state index in [9.17, 15) is 9.59 Å². The van der Waals surface area contributed by atoms with E-state index < -0.39 is 11.9 Å². The summed E-state index contributed by atoms with van der Waals surface area (Å²) in [5.41, 5.74) is 7.02. The Balaban J connectivity index is 0.000000323. The minimum atomic E-state index is -0.591. The van der Waals surface area contributed by atoms with E-state index in [-0.39, 0.29) is 22.0 Å². The van der Waals surface area contributed by atoms with Crippen LogP contribution in [-0.2, 0) is 27.1 Å². The van der Waals surface area contributed by atoms with Crippen molar-refractivity contribution in [3.8, 4) is 0 Å². The van der Waals surface area contributed by atoms with Crippen molar-refractivity contribution in [1.82, 2.24) is 19.9 Å². The maximum atomic E-state index is 11.6. The first-order chi connectivity index (χ1) is 15.3. The fourth-order valence-electron chi connectivity index (χ4n) is 2.54. The standard InChI is InChI=1S/C11H15ClN2O3.C9H12ClN3O2/c1-3-17-10(15)9-8(5-4-6-16-2)7-13-11(12)14-9;1-15-4-2-3-6-5-12-9(10)13-7(6)8(11)14/h7H,3-6H2,1-2H3;5H,2-4H2,1H3,(H2,11,14). The van der Waals surface area contributed by atoms with E-state index in [0.29, 0.717) is 38.2 Å². The number of aryl methyl sites for hydroxylation is 2. The van der Waals surface area contributed by atoms with Gasteiger partial charge in [-0.15, -0.1) is 0 Å². The highest BCUT2D eigenvalue weighted by Gasteiger charge is 2.15. The number of nitrogens with two attached hydrogens (primary N) is 1. The molecule has 0 saturated carbocycles. The molecule has 2 rings (SSSR count). The molecule has 12 heteroatoms. The van der Waals surface area contributed by atoms with Gasteiger partial charge in [0.25, 0.3) is 5.91 Å². The first kappa shape index (κ1) is 27.6. The molecule has 0 radical (unpaired) electrons. The Kier molecular flexibility index (Phi) is 13.3. The van der Waals surface area contributed by atoms with Crippen LogP contribution in [-0.4, -0.2) is 65.9 Å². The number of aromatic nitrogens is 4. The van der Waals surface area contributed by atoms with Gasteiger partial charge in [-0.25, -0.2) is 24.7 Å². The summed E-state index contributed by atoms with van der Waals surface area (Å²) in [4.78, 5) is 38.1. The highest BCUT2D eigenvalue weighted by Crippen LogP contribution is 2.13. The van der Waals surface area contributed by atoms with E-state index in [0.717, 1.165) is 18.4 Å². The Morgan fingerprint density at radius 1 is 0.906 bits per heavy atom. The molecule has 0 aliphatic carbocycles. The predicted octanol–water partition coefficient (Wildman–Crippen LogP) is 2.69. The first-order valence-corrected chi connectivity index (χ1v) is 10.6. The summed E-state index contributed by atoms with van der Waals surface area (Å²) in [5.74, 6) is -1.06. The quantitative estimate of drug-likeness (QED) is 0.287. The second kappa shape index (κ2) is 15.4. The highest BCUT2D eigenvalue weighted by molar-refractivity contribution is 6.28. The molecule has 176 valence electrons. The van der Waals surface area contributed by atoms with Gasteiger partial charge in [0.2, 0.25) is 10.6 Å². The lowest BCUT2D eigenvalue weighted by Crippen LogP contribution is -2.17. The van der Waals surface area contributed by atoms with Gasteiger partial charge in [0.15, 0.2) is 5.69 Å². The minimum absolute atomic E-state index is 0.0271. The smallest absolute Gasteiger partial charge is 0.357 e. The van der Waals surface area contributed by atoms with Crippen LogP contribution < -0.4 is 5.73 Å². The average molecular weight is 488 g/mol. The fraction of sp³-hybridized carbons (Fsp3) is 0.500. The van der Waals surface area contributed by atoms with Crippen molar-refractivity contribution in [2.75, 3.05) is 34.0 Å². The summed E-state index contributed by atoms with van der Waals surface area (Å²) in [6, 6.07) is 0. The molecule has 0 spiro atoms. The van der Waals surface area contributed by atoms with Crippen LogP contribution in [0.15, 0.2) is 12.4 Å². The lowest BCUT2D eigenvalue weighted by atomic mass is 10.1. The number of amides is 1. The SMILES string of the molecule is CCOC(=O)c1nc(Cl)ncc1CCCOC.COCCCc1cnc(Cl)nc1C(N)=O. The Morgan fingerprint density at radius 3 is 1.81 bits per heavy atom. The third-order valence-electron chi connectivity index (χ3n) is 3.96. The van der Waals surface area contributed by atoms with Gasteiger partial charge in [0, 0.05) is 51.0 Å². The van der Waals surface area contributed by atoms with E-state index in [4.69, 9.17) is 43.1 Å². The van der Waals surface area contributed by atoms with E-state index in [1.807, 2.05) is 0 Å². The molecule has 0 aliphatic rings. The number of carbonyl (C=O) groups excluding carboxylic acids is 2. The number of methoxy groups -OCH3 is 2. The maximum Gasteiger partial charge on any atom is 0.357 e. The molecular weight excluding hydrogens is 461 g/mol. The number of hydrogen-bond donors (Lipinski definition) is 1. The molecular formula is C20H27Cl2N5O5. The zero-order valence-electron chi connectivity index (χ0n) is 18.3. The number of rotatable bonds is 11. The number of esters is 1. The van der Waals surface area contributed by atoms with Gasteiger partial charge in [0.1, 0.15) is 5.69 Å². The second-order valence-electron chi connectivity index (χ2n) is 6.30. The van der Waals surface area contributed by atoms with E-state index in [1.54, 1.807) is 27.3 Å². The van der Waals surface area contributed by atoms with Gasteiger partial charge in [-0.05, 0) is 55.8 Å². The molecule has 0 unspecified atom stereocenters. The molecule has 10 nitrogen and oxygen atoms in total. The number of hydrogen-bond acceptors (Lipinski definition) is 9. The summed E-state index contributed by atoms with van der Waals surface area (Å²) in [6.45, 7) is 3.27. The third-order valence-corrected chi connectivity index (χ3v) is 4.33. The van der Waals surface area contributed by atoms with E-state index >= 15 is 0 Å². The third kappa shape index (κ3) is 9.82. The molecule has 0 aromatic carbocycles. The largest absolute Gasteiger partial charge is 0.461 e. The normalized spacial score (nSPS) is 10.3. The summed E-state index contributed by atoms with van der Waals surface area (Å²) >= 11 is 11.2. The zero-order valence-corrected chi connectivity index (χ0v) is 19.8. The molecule has 1 amide bonds. The summed E-state index contributed by atoms with van der Waals surface area (Å²) < 4.78 is 14.8. The van der Waals surface area contributed by atoms with Crippen molar-refractivity contribution in [3.05, 3.63) is 45.5 Å². The van der Waals surface area contributed by atoms with Crippen LogP contribution in [0.5, 0.6) is 0 Å². The average Bonchev–Trinajstić information content (AvgIpc) is 2.76. The molecule has 2 heterocycles. The van der Waals surface area contributed by atoms with Crippen molar-refractivity contribution in [1.29, 1.82) is 0 Å². The molecule has 2 aromatic heterocycles. The molecule has 0 aliphatic heterocycles. The fourth-order valence-corrected chi connectivity index (χ4v) is 2.81. The Bertz CT molecular complexity index is 885. The Hall–Kier alpha value is -2.40.